The van der Waals surface area contributed by atoms with E-state index in [1.165, 1.54) is 6.07 Å². The Morgan fingerprint density at radius 1 is 1.32 bits per heavy atom. The summed E-state index contributed by atoms with van der Waals surface area (Å²) < 4.78 is 19.3. The van der Waals surface area contributed by atoms with Crippen LogP contribution in [-0.2, 0) is 0 Å². The van der Waals surface area contributed by atoms with E-state index in [9.17, 15) is 4.39 Å². The summed E-state index contributed by atoms with van der Waals surface area (Å²) in [4.78, 5) is 4.23. The van der Waals surface area contributed by atoms with E-state index in [-0.39, 0.29) is 11.9 Å². The van der Waals surface area contributed by atoms with E-state index in [2.05, 4.69) is 20.9 Å². The van der Waals surface area contributed by atoms with Crippen LogP contribution in [0.25, 0.3) is 0 Å². The molecule has 3 nitrogen and oxygen atoms in total. The fourth-order valence-corrected chi connectivity index (χ4v) is 1.80. The van der Waals surface area contributed by atoms with Crippen molar-refractivity contribution in [2.75, 3.05) is 0 Å². The van der Waals surface area contributed by atoms with Crippen LogP contribution >= 0.6 is 15.9 Å². The highest BCUT2D eigenvalue weighted by Crippen LogP contribution is 2.25. The van der Waals surface area contributed by atoms with Crippen molar-refractivity contribution >= 4 is 15.9 Å². The Balaban J connectivity index is 2.12. The number of aromatic nitrogens is 1. The third-order valence-corrected chi connectivity index (χ3v) is 3.35. The second-order valence-electron chi connectivity index (χ2n) is 4.11. The van der Waals surface area contributed by atoms with Crippen LogP contribution < -0.4 is 10.5 Å². The Hall–Kier alpha value is -1.46. The topological polar surface area (TPSA) is 48.1 Å². The molecule has 0 aliphatic carbocycles. The largest absolute Gasteiger partial charge is 0.456 e. The van der Waals surface area contributed by atoms with Gasteiger partial charge in [-0.15, -0.1) is 0 Å². The van der Waals surface area contributed by atoms with Crippen molar-refractivity contribution < 1.29 is 9.13 Å². The number of nitrogens with zero attached hydrogens (tertiary/aromatic N) is 1. The fraction of sp³-hybridized carbons (Fsp3) is 0.214. The molecule has 0 fully saturated rings. The molecule has 0 spiro atoms. The van der Waals surface area contributed by atoms with Crippen molar-refractivity contribution in [1.29, 1.82) is 0 Å². The Bertz CT molecular complexity index is 560. The van der Waals surface area contributed by atoms with Gasteiger partial charge in [-0.1, -0.05) is 6.92 Å². The lowest BCUT2D eigenvalue weighted by Crippen LogP contribution is -2.10. The van der Waals surface area contributed by atoms with Gasteiger partial charge in [0.05, 0.1) is 16.4 Å². The van der Waals surface area contributed by atoms with Gasteiger partial charge >= 0.3 is 0 Å². The molecule has 0 amide bonds. The number of benzene rings is 1. The quantitative estimate of drug-likeness (QED) is 0.917. The summed E-state index contributed by atoms with van der Waals surface area (Å²) >= 11 is 3.09. The number of rotatable bonds is 4. The van der Waals surface area contributed by atoms with Crippen molar-refractivity contribution in [3.05, 3.63) is 52.5 Å². The van der Waals surface area contributed by atoms with E-state index in [4.69, 9.17) is 10.5 Å². The smallest absolute Gasteiger partial charge is 0.145 e. The molecule has 0 aliphatic heterocycles. The first-order chi connectivity index (χ1) is 9.10. The molecule has 1 aromatic carbocycles. The minimum atomic E-state index is -0.366. The molecule has 0 radical (unpaired) electrons. The van der Waals surface area contributed by atoms with Gasteiger partial charge in [-0.2, -0.15) is 0 Å². The van der Waals surface area contributed by atoms with Crippen molar-refractivity contribution in [3.8, 4) is 11.5 Å². The molecule has 100 valence electrons. The maximum Gasteiger partial charge on any atom is 0.145 e. The third-order valence-electron chi connectivity index (χ3n) is 2.71. The van der Waals surface area contributed by atoms with Crippen molar-refractivity contribution in [1.82, 2.24) is 4.98 Å². The van der Waals surface area contributed by atoms with Crippen molar-refractivity contribution in [2.45, 2.75) is 19.4 Å². The Morgan fingerprint density at radius 3 is 2.63 bits per heavy atom. The zero-order valence-electron chi connectivity index (χ0n) is 10.4. The SMILES string of the molecule is CC[C@@H](N)c1ccc(Oc2ccc(Br)c(F)c2)cn1. The Morgan fingerprint density at radius 2 is 2.05 bits per heavy atom. The summed E-state index contributed by atoms with van der Waals surface area (Å²) in [6.07, 6.45) is 2.41. The molecule has 1 atom stereocenters. The summed E-state index contributed by atoms with van der Waals surface area (Å²) in [5.74, 6) is 0.610. The zero-order chi connectivity index (χ0) is 13.8. The van der Waals surface area contributed by atoms with E-state index >= 15 is 0 Å². The zero-order valence-corrected chi connectivity index (χ0v) is 12.0. The number of halogens is 2. The molecule has 19 heavy (non-hydrogen) atoms. The maximum absolute atomic E-state index is 13.3. The van der Waals surface area contributed by atoms with Gasteiger partial charge in [0.2, 0.25) is 0 Å². The Kier molecular flexibility index (Phi) is 4.50. The van der Waals surface area contributed by atoms with E-state index in [1.54, 1.807) is 24.4 Å². The molecule has 0 aliphatic rings. The summed E-state index contributed by atoms with van der Waals surface area (Å²) in [6.45, 7) is 2.00. The molecule has 5 heteroatoms. The van der Waals surface area contributed by atoms with Gasteiger partial charge in [0.15, 0.2) is 0 Å². The molecule has 0 unspecified atom stereocenters. The third kappa shape index (κ3) is 3.52. The van der Waals surface area contributed by atoms with Crippen LogP contribution in [0.2, 0.25) is 0 Å². The molecule has 0 saturated heterocycles. The monoisotopic (exact) mass is 324 g/mol. The molecular formula is C14H14BrFN2O. The first-order valence-corrected chi connectivity index (χ1v) is 6.74. The number of hydrogen-bond acceptors (Lipinski definition) is 3. The molecule has 2 aromatic rings. The van der Waals surface area contributed by atoms with E-state index in [1.807, 2.05) is 13.0 Å². The first-order valence-electron chi connectivity index (χ1n) is 5.94. The summed E-state index contributed by atoms with van der Waals surface area (Å²) in [6, 6.07) is 8.11. The minimum Gasteiger partial charge on any atom is -0.456 e. The maximum atomic E-state index is 13.3. The molecule has 0 bridgehead atoms. The number of hydrogen-bond donors (Lipinski definition) is 1. The predicted molar refractivity (Wildman–Crippen MR) is 75.6 cm³/mol. The lowest BCUT2D eigenvalue weighted by molar-refractivity contribution is 0.473. The first kappa shape index (κ1) is 14.0. The molecule has 2 N–H and O–H groups in total. The average molecular weight is 325 g/mol. The predicted octanol–water partition coefficient (Wildman–Crippen LogP) is 4.19. The second-order valence-corrected chi connectivity index (χ2v) is 4.97. The number of nitrogens with two attached hydrogens (primary N) is 1. The van der Waals surface area contributed by atoms with Crippen LogP contribution in [0, 0.1) is 5.82 Å². The van der Waals surface area contributed by atoms with Gasteiger partial charge in [0, 0.05) is 12.1 Å². The van der Waals surface area contributed by atoms with Crippen LogP contribution in [0.4, 0.5) is 4.39 Å². The molecular weight excluding hydrogens is 311 g/mol. The van der Waals surface area contributed by atoms with Gasteiger partial charge < -0.3 is 10.5 Å². The summed E-state index contributed by atoms with van der Waals surface area (Å²) in [5.41, 5.74) is 6.69. The highest BCUT2D eigenvalue weighted by molar-refractivity contribution is 9.10. The van der Waals surface area contributed by atoms with Gasteiger partial charge in [0.25, 0.3) is 0 Å². The van der Waals surface area contributed by atoms with Crippen molar-refractivity contribution in [2.24, 2.45) is 5.73 Å². The molecule has 2 rings (SSSR count). The van der Waals surface area contributed by atoms with Crippen LogP contribution in [-0.4, -0.2) is 4.98 Å². The Labute approximate surface area is 119 Å². The molecule has 1 aromatic heterocycles. The minimum absolute atomic E-state index is 0.0702. The lowest BCUT2D eigenvalue weighted by Gasteiger charge is -2.10. The highest BCUT2D eigenvalue weighted by Gasteiger charge is 2.06. The van der Waals surface area contributed by atoms with Gasteiger partial charge in [-0.25, -0.2) is 4.39 Å². The van der Waals surface area contributed by atoms with Gasteiger partial charge in [0.1, 0.15) is 17.3 Å². The second kappa shape index (κ2) is 6.12. The lowest BCUT2D eigenvalue weighted by atomic mass is 10.1. The highest BCUT2D eigenvalue weighted by atomic mass is 79.9. The normalized spacial score (nSPS) is 12.2. The number of ether oxygens (including phenoxy) is 1. The van der Waals surface area contributed by atoms with E-state index in [0.29, 0.717) is 16.0 Å². The molecule has 1 heterocycles. The standard InChI is InChI=1S/C14H14BrFN2O/c1-2-13(17)14-6-4-10(8-18-14)19-9-3-5-11(15)12(16)7-9/h3-8,13H,2,17H2,1H3/t13-/m1/s1. The van der Waals surface area contributed by atoms with Crippen LogP contribution in [0.3, 0.4) is 0 Å². The summed E-state index contributed by atoms with van der Waals surface area (Å²) in [5, 5.41) is 0. The van der Waals surface area contributed by atoms with Crippen LogP contribution in [0.5, 0.6) is 11.5 Å². The summed E-state index contributed by atoms with van der Waals surface area (Å²) in [7, 11) is 0. The van der Waals surface area contributed by atoms with Gasteiger partial charge in [-0.05, 0) is 46.6 Å². The molecule has 0 saturated carbocycles. The van der Waals surface area contributed by atoms with Crippen molar-refractivity contribution in [3.63, 3.8) is 0 Å². The average Bonchev–Trinajstić information content (AvgIpc) is 2.43. The van der Waals surface area contributed by atoms with Crippen LogP contribution in [0.15, 0.2) is 41.0 Å². The van der Waals surface area contributed by atoms with Gasteiger partial charge in [-0.3, -0.25) is 4.98 Å². The van der Waals surface area contributed by atoms with E-state index < -0.39 is 0 Å². The number of pyridine rings is 1. The van der Waals surface area contributed by atoms with Crippen LogP contribution in [0.1, 0.15) is 25.1 Å². The van der Waals surface area contributed by atoms with E-state index in [0.717, 1.165) is 12.1 Å². The fourth-order valence-electron chi connectivity index (χ4n) is 1.56.